The largest absolute Gasteiger partial charge is 0.369 e. The topological polar surface area (TPSA) is 80.9 Å². The minimum atomic E-state index is -0.346. The first-order chi connectivity index (χ1) is 13.2. The highest BCUT2D eigenvalue weighted by Crippen LogP contribution is 2.32. The Morgan fingerprint density at radius 2 is 1.78 bits per heavy atom. The number of anilines is 2. The molecule has 0 saturated carbocycles. The number of benzene rings is 2. The number of amides is 1. The van der Waals surface area contributed by atoms with E-state index < -0.39 is 0 Å². The van der Waals surface area contributed by atoms with Gasteiger partial charge in [0, 0.05) is 22.0 Å². The second-order valence-corrected chi connectivity index (χ2v) is 7.63. The van der Waals surface area contributed by atoms with E-state index in [2.05, 4.69) is 10.3 Å². The fourth-order valence-electron chi connectivity index (χ4n) is 2.65. The fourth-order valence-corrected chi connectivity index (χ4v) is 4.22. The predicted molar refractivity (Wildman–Crippen MR) is 111 cm³/mol. The zero-order chi connectivity index (χ0) is 18.6. The average Bonchev–Trinajstić information content (AvgIpc) is 3.31. The lowest BCUT2D eigenvalue weighted by molar-refractivity contribution is -0.117. The molecule has 0 saturated heterocycles. The lowest BCUT2D eigenvalue weighted by atomic mass is 10.1. The van der Waals surface area contributed by atoms with Gasteiger partial charge in [-0.15, -0.1) is 22.7 Å². The van der Waals surface area contributed by atoms with Gasteiger partial charge in [-0.1, -0.05) is 42.5 Å². The smallest absolute Gasteiger partial charge is 0.221 e. The Labute approximate surface area is 164 Å². The van der Waals surface area contributed by atoms with Crippen LogP contribution in [0.15, 0.2) is 65.4 Å². The van der Waals surface area contributed by atoms with Gasteiger partial charge in [0.15, 0.2) is 5.13 Å². The van der Waals surface area contributed by atoms with Gasteiger partial charge in [0.25, 0.3) is 0 Å². The van der Waals surface area contributed by atoms with Crippen LogP contribution in [0.3, 0.4) is 0 Å². The molecule has 0 unspecified atom stereocenters. The van der Waals surface area contributed by atoms with Crippen LogP contribution in [-0.4, -0.2) is 15.9 Å². The maximum absolute atomic E-state index is 11.1. The van der Waals surface area contributed by atoms with Crippen LogP contribution in [0.5, 0.6) is 0 Å². The van der Waals surface area contributed by atoms with Gasteiger partial charge in [0.2, 0.25) is 5.91 Å². The van der Waals surface area contributed by atoms with E-state index in [-0.39, 0.29) is 12.3 Å². The van der Waals surface area contributed by atoms with Crippen LogP contribution >= 0.6 is 22.7 Å². The molecular weight excluding hydrogens is 376 g/mol. The summed E-state index contributed by atoms with van der Waals surface area (Å²) in [6, 6.07) is 17.7. The number of thiazole rings is 2. The molecule has 4 rings (SSSR count). The van der Waals surface area contributed by atoms with Crippen molar-refractivity contribution in [1.29, 1.82) is 0 Å². The predicted octanol–water partition coefficient (Wildman–Crippen LogP) is 4.71. The number of primary amides is 1. The molecule has 0 aliphatic heterocycles. The van der Waals surface area contributed by atoms with Crippen LogP contribution in [0.25, 0.3) is 22.0 Å². The molecule has 1 amide bonds. The molecule has 0 bridgehead atoms. The van der Waals surface area contributed by atoms with Gasteiger partial charge in [-0.25, -0.2) is 9.97 Å². The Morgan fingerprint density at radius 1 is 0.963 bits per heavy atom. The molecule has 0 aliphatic carbocycles. The minimum absolute atomic E-state index is 0.222. The summed E-state index contributed by atoms with van der Waals surface area (Å²) < 4.78 is 0. The Morgan fingerprint density at radius 3 is 2.59 bits per heavy atom. The minimum Gasteiger partial charge on any atom is -0.369 e. The number of nitrogens with one attached hydrogen (secondary N) is 1. The van der Waals surface area contributed by atoms with Crippen molar-refractivity contribution in [3.63, 3.8) is 0 Å². The maximum atomic E-state index is 11.1. The first-order valence-electron chi connectivity index (χ1n) is 8.28. The van der Waals surface area contributed by atoms with Crippen LogP contribution in [0, 0.1) is 0 Å². The number of carbonyl (C=O) groups is 1. The number of nitrogens with two attached hydrogens (primary N) is 1. The second-order valence-electron chi connectivity index (χ2n) is 5.91. The Hall–Kier alpha value is -3.03. The summed E-state index contributed by atoms with van der Waals surface area (Å²) in [7, 11) is 0. The quantitative estimate of drug-likeness (QED) is 0.498. The highest BCUT2D eigenvalue weighted by Gasteiger charge is 2.11. The van der Waals surface area contributed by atoms with Crippen molar-refractivity contribution in [3.8, 4) is 22.0 Å². The monoisotopic (exact) mass is 392 g/mol. The molecular formula is C20H16N4OS2. The third kappa shape index (κ3) is 4.21. The number of carbonyl (C=O) groups excluding carboxylic acids is 1. The van der Waals surface area contributed by atoms with E-state index in [0.717, 1.165) is 38.3 Å². The zero-order valence-corrected chi connectivity index (χ0v) is 15.9. The summed E-state index contributed by atoms with van der Waals surface area (Å²) in [5, 5.41) is 8.98. The van der Waals surface area contributed by atoms with Crippen LogP contribution in [-0.2, 0) is 11.2 Å². The number of aromatic nitrogens is 2. The van der Waals surface area contributed by atoms with Crippen LogP contribution in [0.1, 0.15) is 5.56 Å². The summed E-state index contributed by atoms with van der Waals surface area (Å²) in [6.45, 7) is 0. The lowest BCUT2D eigenvalue weighted by Crippen LogP contribution is -2.13. The summed E-state index contributed by atoms with van der Waals surface area (Å²) in [5.41, 5.74) is 9.91. The molecule has 0 fully saturated rings. The normalized spacial score (nSPS) is 10.7. The SMILES string of the molecule is NC(=O)Cc1cccc(Nc2nc(-c3nc(-c4ccccc4)cs3)cs2)c1. The van der Waals surface area contributed by atoms with Crippen LogP contribution in [0.4, 0.5) is 10.8 Å². The van der Waals surface area contributed by atoms with E-state index in [4.69, 9.17) is 10.7 Å². The van der Waals surface area contributed by atoms with E-state index in [0.29, 0.717) is 0 Å². The van der Waals surface area contributed by atoms with Gasteiger partial charge in [0.05, 0.1) is 12.1 Å². The molecule has 5 nitrogen and oxygen atoms in total. The molecule has 0 radical (unpaired) electrons. The maximum Gasteiger partial charge on any atom is 0.221 e. The number of nitrogens with zero attached hydrogens (tertiary/aromatic N) is 2. The summed E-state index contributed by atoms with van der Waals surface area (Å²) in [4.78, 5) is 20.4. The van der Waals surface area contributed by atoms with Crippen molar-refractivity contribution >= 4 is 39.4 Å². The average molecular weight is 393 g/mol. The highest BCUT2D eigenvalue weighted by molar-refractivity contribution is 7.15. The van der Waals surface area contributed by atoms with Crippen LogP contribution < -0.4 is 11.1 Å². The van der Waals surface area contributed by atoms with Crippen molar-refractivity contribution in [3.05, 3.63) is 70.9 Å². The van der Waals surface area contributed by atoms with Gasteiger partial charge < -0.3 is 11.1 Å². The Kier molecular flexibility index (Phi) is 4.95. The fraction of sp³-hybridized carbons (Fsp3) is 0.0500. The Bertz CT molecular complexity index is 1070. The van der Waals surface area contributed by atoms with Crippen LogP contribution in [0.2, 0.25) is 0 Å². The van der Waals surface area contributed by atoms with E-state index in [1.54, 1.807) is 11.3 Å². The van der Waals surface area contributed by atoms with Gasteiger partial charge in [-0.3, -0.25) is 4.79 Å². The summed E-state index contributed by atoms with van der Waals surface area (Å²) in [5.74, 6) is -0.346. The number of rotatable bonds is 6. The molecule has 2 aromatic heterocycles. The molecule has 134 valence electrons. The van der Waals surface area contributed by atoms with Crippen molar-refractivity contribution in [2.45, 2.75) is 6.42 Å². The molecule has 2 aromatic carbocycles. The van der Waals surface area contributed by atoms with E-state index in [1.807, 2.05) is 65.4 Å². The molecule has 27 heavy (non-hydrogen) atoms. The molecule has 2 heterocycles. The van der Waals surface area contributed by atoms with Gasteiger partial charge in [-0.2, -0.15) is 0 Å². The molecule has 7 heteroatoms. The third-order valence-electron chi connectivity index (χ3n) is 3.85. The molecule has 3 N–H and O–H groups in total. The standard InChI is InChI=1S/C20H16N4OS2/c21-18(25)10-13-5-4-8-15(9-13)22-20-24-17(12-27-20)19-23-16(11-26-19)14-6-2-1-3-7-14/h1-9,11-12H,10H2,(H2,21,25)(H,22,24). The van der Waals surface area contributed by atoms with E-state index in [9.17, 15) is 4.79 Å². The molecule has 0 aliphatic rings. The zero-order valence-electron chi connectivity index (χ0n) is 14.3. The van der Waals surface area contributed by atoms with Crippen molar-refractivity contribution < 1.29 is 4.79 Å². The molecule has 4 aromatic rings. The molecule has 0 spiro atoms. The van der Waals surface area contributed by atoms with Gasteiger partial charge in [0.1, 0.15) is 10.7 Å². The third-order valence-corrected chi connectivity index (χ3v) is 5.48. The number of hydrogen-bond donors (Lipinski definition) is 2. The van der Waals surface area contributed by atoms with Crippen molar-refractivity contribution in [2.24, 2.45) is 5.73 Å². The van der Waals surface area contributed by atoms with E-state index in [1.165, 1.54) is 11.3 Å². The van der Waals surface area contributed by atoms with Crippen molar-refractivity contribution in [1.82, 2.24) is 9.97 Å². The summed E-state index contributed by atoms with van der Waals surface area (Å²) in [6.07, 6.45) is 0.222. The summed E-state index contributed by atoms with van der Waals surface area (Å²) >= 11 is 3.10. The van der Waals surface area contributed by atoms with Gasteiger partial charge >= 0.3 is 0 Å². The van der Waals surface area contributed by atoms with Gasteiger partial charge in [-0.05, 0) is 17.7 Å². The second kappa shape index (κ2) is 7.69. The van der Waals surface area contributed by atoms with Crippen molar-refractivity contribution in [2.75, 3.05) is 5.32 Å². The Balaban J connectivity index is 1.51. The highest BCUT2D eigenvalue weighted by atomic mass is 32.1. The number of hydrogen-bond acceptors (Lipinski definition) is 6. The van der Waals surface area contributed by atoms with E-state index >= 15 is 0 Å². The first kappa shape index (κ1) is 17.4. The lowest BCUT2D eigenvalue weighted by Gasteiger charge is -2.04. The molecule has 0 atom stereocenters. The first-order valence-corrected chi connectivity index (χ1v) is 10.0.